The molecule has 0 spiro atoms. The maximum Gasteiger partial charge on any atom is 0.273 e. The molecule has 0 radical (unpaired) electrons. The zero-order valence-electron chi connectivity index (χ0n) is 8.49. The van der Waals surface area contributed by atoms with Crippen molar-refractivity contribution >= 4 is 21.4 Å². The van der Waals surface area contributed by atoms with Crippen LogP contribution in [0.4, 0.5) is 0 Å². The number of hydrogen-bond donors (Lipinski definition) is 1. The summed E-state index contributed by atoms with van der Waals surface area (Å²) in [5.74, 6) is 0.575. The first-order chi connectivity index (χ1) is 7.48. The molecule has 86 valence electrons. The van der Waals surface area contributed by atoms with Crippen LogP contribution in [0, 0.1) is 0 Å². The Morgan fingerprint density at radius 2 is 2.25 bits per heavy atom. The highest BCUT2D eigenvalue weighted by Gasteiger charge is 2.18. The van der Waals surface area contributed by atoms with Crippen LogP contribution in [0.15, 0.2) is 22.7 Å². The van der Waals surface area contributed by atoms with E-state index in [-0.39, 0.29) is 5.16 Å². The van der Waals surface area contributed by atoms with Gasteiger partial charge in [-0.3, -0.25) is 0 Å². The third-order valence-electron chi connectivity index (χ3n) is 2.09. The van der Waals surface area contributed by atoms with Gasteiger partial charge in [-0.25, -0.2) is 13.6 Å². The van der Waals surface area contributed by atoms with Crippen molar-refractivity contribution in [2.75, 3.05) is 0 Å². The van der Waals surface area contributed by atoms with Crippen LogP contribution in [0.3, 0.4) is 0 Å². The Labute approximate surface area is 96.8 Å². The quantitative estimate of drug-likeness (QED) is 0.846. The first-order valence-corrected chi connectivity index (χ1v) is 6.84. The molecule has 0 atom stereocenters. The fraction of sp³-hybridized carbons (Fsp3) is 0.250. The number of sulfonamides is 1. The van der Waals surface area contributed by atoms with E-state index in [0.717, 1.165) is 4.88 Å². The Morgan fingerprint density at radius 3 is 2.75 bits per heavy atom. The molecule has 0 saturated carbocycles. The summed E-state index contributed by atoms with van der Waals surface area (Å²) < 4.78 is 23.7. The molecule has 0 saturated heterocycles. The third kappa shape index (κ3) is 2.13. The van der Waals surface area contributed by atoms with Crippen LogP contribution in [-0.4, -0.2) is 23.2 Å². The zero-order chi connectivity index (χ0) is 11.8. The molecule has 2 aromatic rings. The average Bonchev–Trinajstić information content (AvgIpc) is 2.76. The van der Waals surface area contributed by atoms with Gasteiger partial charge in [0.1, 0.15) is 5.82 Å². The fourth-order valence-electron chi connectivity index (χ4n) is 1.32. The summed E-state index contributed by atoms with van der Waals surface area (Å²) >= 11 is 1.58. The maximum absolute atomic E-state index is 11.1. The second-order valence-corrected chi connectivity index (χ2v) is 5.75. The molecule has 0 amide bonds. The first kappa shape index (κ1) is 11.2. The summed E-state index contributed by atoms with van der Waals surface area (Å²) in [7, 11) is -2.21. The molecule has 6 nitrogen and oxygen atoms in total. The minimum atomic E-state index is -3.80. The molecule has 0 aliphatic heterocycles. The van der Waals surface area contributed by atoms with Gasteiger partial charge in [0.05, 0.1) is 0 Å². The monoisotopic (exact) mass is 258 g/mol. The molecule has 2 N–H and O–H groups in total. The summed E-state index contributed by atoms with van der Waals surface area (Å²) in [6.07, 6.45) is 0.552. The molecule has 0 aliphatic rings. The highest BCUT2D eigenvalue weighted by Crippen LogP contribution is 2.14. The number of rotatable bonds is 3. The van der Waals surface area contributed by atoms with Crippen LogP contribution in [0.25, 0.3) is 0 Å². The predicted octanol–water partition coefficient (Wildman–Crippen LogP) is 0.115. The predicted molar refractivity (Wildman–Crippen MR) is 59.5 cm³/mol. The summed E-state index contributed by atoms with van der Waals surface area (Å²) in [6, 6.07) is 3.88. The molecule has 8 heteroatoms. The summed E-state index contributed by atoms with van der Waals surface area (Å²) in [5, 5.41) is 14.1. The lowest BCUT2D eigenvalue weighted by atomic mass is 10.3. The van der Waals surface area contributed by atoms with Crippen molar-refractivity contribution in [1.82, 2.24) is 14.8 Å². The maximum atomic E-state index is 11.1. The number of nitrogens with zero attached hydrogens (tertiary/aromatic N) is 3. The van der Waals surface area contributed by atoms with Crippen LogP contribution in [0.2, 0.25) is 0 Å². The van der Waals surface area contributed by atoms with E-state index >= 15 is 0 Å². The molecule has 0 fully saturated rings. The topological polar surface area (TPSA) is 90.9 Å². The number of primary sulfonamides is 1. The fourth-order valence-corrected chi connectivity index (χ4v) is 2.66. The molecule has 2 heterocycles. The minimum Gasteiger partial charge on any atom is -0.304 e. The summed E-state index contributed by atoms with van der Waals surface area (Å²) in [5.41, 5.74) is 0. The highest BCUT2D eigenvalue weighted by atomic mass is 32.2. The van der Waals surface area contributed by atoms with Crippen molar-refractivity contribution in [3.05, 3.63) is 28.2 Å². The molecule has 0 aliphatic carbocycles. The third-order valence-corrected chi connectivity index (χ3v) is 3.83. The van der Waals surface area contributed by atoms with Gasteiger partial charge in [0.2, 0.25) is 0 Å². The second-order valence-electron chi connectivity index (χ2n) is 3.26. The van der Waals surface area contributed by atoms with Crippen molar-refractivity contribution in [2.24, 2.45) is 12.2 Å². The number of aromatic nitrogens is 3. The standard InChI is InChI=1S/C8H10N4O2S2/c1-12-7(5-6-3-2-4-15-6)10-11-8(12)16(9,13)14/h2-4H,5H2,1H3,(H2,9,13,14). The first-order valence-electron chi connectivity index (χ1n) is 4.42. The smallest absolute Gasteiger partial charge is 0.273 e. The van der Waals surface area contributed by atoms with E-state index in [2.05, 4.69) is 10.2 Å². The van der Waals surface area contributed by atoms with Gasteiger partial charge in [-0.1, -0.05) is 6.07 Å². The number of hydrogen-bond acceptors (Lipinski definition) is 5. The number of thiophene rings is 1. The van der Waals surface area contributed by atoms with Gasteiger partial charge < -0.3 is 4.57 Å². The Balaban J connectivity index is 2.35. The normalized spacial score (nSPS) is 11.9. The van der Waals surface area contributed by atoms with Crippen LogP contribution < -0.4 is 5.14 Å². The van der Waals surface area contributed by atoms with E-state index in [9.17, 15) is 8.42 Å². The van der Waals surface area contributed by atoms with Gasteiger partial charge >= 0.3 is 0 Å². The van der Waals surface area contributed by atoms with Crippen molar-refractivity contribution in [3.63, 3.8) is 0 Å². The number of nitrogens with two attached hydrogens (primary N) is 1. The molecule has 0 unspecified atom stereocenters. The minimum absolute atomic E-state index is 0.209. The van der Waals surface area contributed by atoms with E-state index < -0.39 is 10.0 Å². The van der Waals surface area contributed by atoms with Crippen LogP contribution in [0.5, 0.6) is 0 Å². The molecule has 16 heavy (non-hydrogen) atoms. The Hall–Kier alpha value is -1.25. The summed E-state index contributed by atoms with van der Waals surface area (Å²) in [6.45, 7) is 0. The van der Waals surface area contributed by atoms with E-state index in [1.165, 1.54) is 4.57 Å². The van der Waals surface area contributed by atoms with E-state index in [0.29, 0.717) is 12.2 Å². The van der Waals surface area contributed by atoms with Gasteiger partial charge in [-0.15, -0.1) is 21.5 Å². The molecule has 0 bridgehead atoms. The van der Waals surface area contributed by atoms with E-state index in [1.807, 2.05) is 17.5 Å². The largest absolute Gasteiger partial charge is 0.304 e. The van der Waals surface area contributed by atoms with Crippen LogP contribution in [0.1, 0.15) is 10.7 Å². The van der Waals surface area contributed by atoms with E-state index in [4.69, 9.17) is 5.14 Å². The zero-order valence-corrected chi connectivity index (χ0v) is 10.1. The Morgan fingerprint density at radius 1 is 1.50 bits per heavy atom. The van der Waals surface area contributed by atoms with E-state index in [1.54, 1.807) is 18.4 Å². The molecular weight excluding hydrogens is 248 g/mol. The van der Waals surface area contributed by atoms with Gasteiger partial charge in [0.15, 0.2) is 0 Å². The van der Waals surface area contributed by atoms with Crippen LogP contribution in [-0.2, 0) is 23.5 Å². The van der Waals surface area contributed by atoms with Crippen molar-refractivity contribution in [2.45, 2.75) is 11.6 Å². The van der Waals surface area contributed by atoms with Crippen LogP contribution >= 0.6 is 11.3 Å². The average molecular weight is 258 g/mol. The molecule has 2 aromatic heterocycles. The lowest BCUT2D eigenvalue weighted by Gasteiger charge is -2.00. The Kier molecular flexibility index (Phi) is 2.78. The Bertz CT molecular complexity index is 586. The van der Waals surface area contributed by atoms with Crippen molar-refractivity contribution in [1.29, 1.82) is 0 Å². The molecular formula is C8H10N4O2S2. The van der Waals surface area contributed by atoms with Crippen molar-refractivity contribution < 1.29 is 8.42 Å². The lowest BCUT2D eigenvalue weighted by Crippen LogP contribution is -2.17. The van der Waals surface area contributed by atoms with Gasteiger partial charge in [0.25, 0.3) is 15.2 Å². The highest BCUT2D eigenvalue weighted by molar-refractivity contribution is 7.89. The molecule has 0 aromatic carbocycles. The van der Waals surface area contributed by atoms with Gasteiger partial charge in [-0.2, -0.15) is 0 Å². The summed E-state index contributed by atoms with van der Waals surface area (Å²) in [4.78, 5) is 1.09. The molecule has 2 rings (SSSR count). The van der Waals surface area contributed by atoms with Gasteiger partial charge in [0, 0.05) is 18.3 Å². The van der Waals surface area contributed by atoms with Gasteiger partial charge in [-0.05, 0) is 11.4 Å². The van der Waals surface area contributed by atoms with Crippen molar-refractivity contribution in [3.8, 4) is 0 Å². The lowest BCUT2D eigenvalue weighted by molar-refractivity contribution is 0.578. The second kappa shape index (κ2) is 3.96. The SMILES string of the molecule is Cn1c(Cc2cccs2)nnc1S(N)(=O)=O.